The third-order valence-electron chi connectivity index (χ3n) is 5.97. The Kier molecular flexibility index (Phi) is 4.38. The van der Waals surface area contributed by atoms with Crippen LogP contribution < -0.4 is 14.4 Å². The Labute approximate surface area is 193 Å². The molecule has 2 aromatic heterocycles. The van der Waals surface area contributed by atoms with Gasteiger partial charge in [-0.2, -0.15) is 0 Å². The maximum absolute atomic E-state index is 13.3. The highest BCUT2D eigenvalue weighted by Gasteiger charge is 2.48. The molecule has 0 bridgehead atoms. The number of ether oxygens (including phenoxy) is 2. The molecule has 1 amide bonds. The predicted octanol–water partition coefficient (Wildman–Crippen LogP) is 3.62. The average molecular weight is 454 g/mol. The molecule has 34 heavy (non-hydrogen) atoms. The van der Waals surface area contributed by atoms with Crippen molar-refractivity contribution in [2.24, 2.45) is 0 Å². The van der Waals surface area contributed by atoms with Gasteiger partial charge in [-0.05, 0) is 60.5 Å². The summed E-state index contributed by atoms with van der Waals surface area (Å²) in [4.78, 5) is 39.6. The highest BCUT2D eigenvalue weighted by atomic mass is 16.7. The zero-order valence-electron chi connectivity index (χ0n) is 18.0. The number of hydrogen-bond donors (Lipinski definition) is 2. The highest BCUT2D eigenvalue weighted by molar-refractivity contribution is 6.51. The monoisotopic (exact) mass is 454 g/mol. The SMILES string of the molecule is Cc1ccc2nc(N3C(=O)C(=O)/C(=C(/O)c4ccc5c(c4)OCO5)C3c3ccncc3)[nH]c2c1. The van der Waals surface area contributed by atoms with Crippen molar-refractivity contribution in [3.8, 4) is 11.5 Å². The van der Waals surface area contributed by atoms with Crippen LogP contribution in [0.3, 0.4) is 0 Å². The lowest BCUT2D eigenvalue weighted by Crippen LogP contribution is -2.30. The van der Waals surface area contributed by atoms with Gasteiger partial charge in [0.25, 0.3) is 5.78 Å². The number of amides is 1. The molecular weight excluding hydrogens is 436 g/mol. The normalized spacial score (nSPS) is 18.7. The number of aliphatic hydroxyl groups excluding tert-OH is 1. The summed E-state index contributed by atoms with van der Waals surface area (Å²) in [5.41, 5.74) is 3.31. The molecule has 0 saturated carbocycles. The van der Waals surface area contributed by atoms with E-state index in [1.165, 1.54) is 4.90 Å². The average Bonchev–Trinajstić information content (AvgIpc) is 3.55. The Morgan fingerprint density at radius 1 is 1.06 bits per heavy atom. The number of H-pyrrole nitrogens is 1. The Morgan fingerprint density at radius 3 is 2.68 bits per heavy atom. The number of ketones is 1. The van der Waals surface area contributed by atoms with E-state index in [1.807, 2.05) is 25.1 Å². The maximum atomic E-state index is 13.3. The molecule has 1 fully saturated rings. The van der Waals surface area contributed by atoms with Crippen molar-refractivity contribution < 1.29 is 24.2 Å². The standard InChI is InChI=1S/C25H18N4O5/c1-13-2-4-16-17(10-13)28-25(27-16)29-21(14-6-8-26-9-7-14)20(23(31)24(29)32)22(30)15-3-5-18-19(11-15)34-12-33-18/h2-11,21,30H,12H2,1H3,(H,27,28)/b22-20+. The van der Waals surface area contributed by atoms with E-state index in [-0.39, 0.29) is 24.1 Å². The van der Waals surface area contributed by atoms with E-state index in [1.54, 1.807) is 42.7 Å². The summed E-state index contributed by atoms with van der Waals surface area (Å²) < 4.78 is 10.7. The van der Waals surface area contributed by atoms with E-state index < -0.39 is 17.7 Å². The number of carbonyl (C=O) groups excluding carboxylic acids is 2. The molecule has 0 radical (unpaired) electrons. The van der Waals surface area contributed by atoms with Gasteiger partial charge in [-0.1, -0.05) is 6.07 Å². The summed E-state index contributed by atoms with van der Waals surface area (Å²) in [5, 5.41) is 11.2. The number of imidazole rings is 1. The fourth-order valence-corrected chi connectivity index (χ4v) is 4.34. The molecule has 2 N–H and O–H groups in total. The molecule has 9 nitrogen and oxygen atoms in total. The summed E-state index contributed by atoms with van der Waals surface area (Å²) in [6.07, 6.45) is 3.13. The first-order valence-corrected chi connectivity index (χ1v) is 10.6. The van der Waals surface area contributed by atoms with E-state index in [4.69, 9.17) is 9.47 Å². The molecule has 2 aliphatic rings. The lowest BCUT2D eigenvalue weighted by molar-refractivity contribution is -0.132. The summed E-state index contributed by atoms with van der Waals surface area (Å²) in [6, 6.07) is 13.0. The lowest BCUT2D eigenvalue weighted by Gasteiger charge is -2.22. The van der Waals surface area contributed by atoms with Crippen molar-refractivity contribution in [3.05, 3.63) is 83.2 Å². The Morgan fingerprint density at radius 2 is 1.85 bits per heavy atom. The molecule has 1 atom stereocenters. The molecule has 1 saturated heterocycles. The van der Waals surface area contributed by atoms with Gasteiger partial charge in [0.05, 0.1) is 22.6 Å². The zero-order chi connectivity index (χ0) is 23.4. The summed E-state index contributed by atoms with van der Waals surface area (Å²) in [6.45, 7) is 2.03. The van der Waals surface area contributed by atoms with E-state index in [2.05, 4.69) is 15.0 Å². The molecule has 2 aliphatic heterocycles. The van der Waals surface area contributed by atoms with Gasteiger partial charge in [0, 0.05) is 18.0 Å². The topological polar surface area (TPSA) is 118 Å². The summed E-state index contributed by atoms with van der Waals surface area (Å²) in [5.74, 6) is -0.706. The van der Waals surface area contributed by atoms with Crippen LogP contribution in [0.1, 0.15) is 22.7 Å². The van der Waals surface area contributed by atoms with Crippen molar-refractivity contribution in [3.63, 3.8) is 0 Å². The van der Waals surface area contributed by atoms with Crippen LogP contribution in [0, 0.1) is 6.92 Å². The predicted molar refractivity (Wildman–Crippen MR) is 122 cm³/mol. The number of Topliss-reactive ketones (excluding diaryl/α,β-unsaturated/α-hetero) is 1. The number of carbonyl (C=O) groups is 2. The van der Waals surface area contributed by atoms with Gasteiger partial charge in [-0.3, -0.25) is 19.5 Å². The molecule has 4 aromatic rings. The van der Waals surface area contributed by atoms with Gasteiger partial charge in [-0.25, -0.2) is 4.98 Å². The number of benzene rings is 2. The second kappa shape index (κ2) is 7.45. The number of aromatic nitrogens is 3. The highest BCUT2D eigenvalue weighted by Crippen LogP contribution is 2.43. The van der Waals surface area contributed by atoms with E-state index in [0.717, 1.165) is 11.1 Å². The number of aliphatic hydroxyl groups is 1. The number of fused-ring (bicyclic) bond motifs is 2. The van der Waals surface area contributed by atoms with Crippen molar-refractivity contribution in [2.75, 3.05) is 11.7 Å². The third-order valence-corrected chi connectivity index (χ3v) is 5.97. The van der Waals surface area contributed by atoms with Crippen molar-refractivity contribution in [2.45, 2.75) is 13.0 Å². The van der Waals surface area contributed by atoms with Crippen LogP contribution >= 0.6 is 0 Å². The second-order valence-electron chi connectivity index (χ2n) is 8.10. The van der Waals surface area contributed by atoms with Crippen molar-refractivity contribution >= 4 is 34.4 Å². The minimum absolute atomic E-state index is 0.0494. The van der Waals surface area contributed by atoms with Crippen LogP contribution in [0.5, 0.6) is 11.5 Å². The molecule has 4 heterocycles. The fraction of sp³-hybridized carbons (Fsp3) is 0.120. The number of hydrogen-bond acceptors (Lipinski definition) is 7. The van der Waals surface area contributed by atoms with E-state index in [0.29, 0.717) is 28.1 Å². The van der Waals surface area contributed by atoms with Gasteiger partial charge in [0.15, 0.2) is 11.5 Å². The van der Waals surface area contributed by atoms with Crippen LogP contribution in [-0.2, 0) is 9.59 Å². The number of aromatic amines is 1. The molecule has 168 valence electrons. The Hall–Kier alpha value is -4.66. The molecule has 2 aromatic carbocycles. The van der Waals surface area contributed by atoms with Gasteiger partial charge in [0.1, 0.15) is 5.76 Å². The first-order chi connectivity index (χ1) is 16.5. The molecule has 9 heteroatoms. The maximum Gasteiger partial charge on any atom is 0.302 e. The third kappa shape index (κ3) is 3.01. The van der Waals surface area contributed by atoms with E-state index >= 15 is 0 Å². The molecular formula is C25H18N4O5. The number of anilines is 1. The number of nitrogens with zero attached hydrogens (tertiary/aromatic N) is 3. The quantitative estimate of drug-likeness (QED) is 0.276. The minimum Gasteiger partial charge on any atom is -0.507 e. The van der Waals surface area contributed by atoms with Crippen LogP contribution in [0.25, 0.3) is 16.8 Å². The van der Waals surface area contributed by atoms with Crippen LogP contribution in [0.4, 0.5) is 5.95 Å². The first-order valence-electron chi connectivity index (χ1n) is 10.6. The zero-order valence-corrected chi connectivity index (χ0v) is 18.0. The van der Waals surface area contributed by atoms with Gasteiger partial charge in [-0.15, -0.1) is 0 Å². The van der Waals surface area contributed by atoms with Crippen LogP contribution in [0.2, 0.25) is 0 Å². The van der Waals surface area contributed by atoms with Gasteiger partial charge in [0.2, 0.25) is 12.7 Å². The smallest absolute Gasteiger partial charge is 0.302 e. The molecule has 6 rings (SSSR count). The van der Waals surface area contributed by atoms with Crippen LogP contribution in [0.15, 0.2) is 66.5 Å². The number of pyridine rings is 1. The first kappa shape index (κ1) is 20.0. The number of rotatable bonds is 3. The molecule has 0 aliphatic carbocycles. The summed E-state index contributed by atoms with van der Waals surface area (Å²) >= 11 is 0. The van der Waals surface area contributed by atoms with Crippen LogP contribution in [-0.4, -0.2) is 38.5 Å². The van der Waals surface area contributed by atoms with Gasteiger partial charge >= 0.3 is 5.91 Å². The fourth-order valence-electron chi connectivity index (χ4n) is 4.34. The van der Waals surface area contributed by atoms with E-state index in [9.17, 15) is 14.7 Å². The Bertz CT molecular complexity index is 1510. The lowest BCUT2D eigenvalue weighted by atomic mass is 9.96. The van der Waals surface area contributed by atoms with Gasteiger partial charge < -0.3 is 19.6 Å². The Balaban J connectivity index is 1.54. The largest absolute Gasteiger partial charge is 0.507 e. The molecule has 1 unspecified atom stereocenters. The second-order valence-corrected chi connectivity index (χ2v) is 8.10. The number of aryl methyl sites for hydroxylation is 1. The number of nitrogens with one attached hydrogen (secondary N) is 1. The molecule has 0 spiro atoms. The minimum atomic E-state index is -0.907. The van der Waals surface area contributed by atoms with Crippen molar-refractivity contribution in [1.29, 1.82) is 0 Å². The van der Waals surface area contributed by atoms with Crippen molar-refractivity contribution in [1.82, 2.24) is 15.0 Å². The summed E-state index contributed by atoms with van der Waals surface area (Å²) in [7, 11) is 0.